The normalized spacial score (nSPS) is 19.3. The fraction of sp³-hybridized carbons (Fsp3) is 0.406. The molecule has 1 fully saturated rings. The Labute approximate surface area is 272 Å². The van der Waals surface area contributed by atoms with Crippen molar-refractivity contribution in [3.63, 3.8) is 0 Å². The number of tetrazole rings is 1. The summed E-state index contributed by atoms with van der Waals surface area (Å²) in [4.78, 5) is 37.9. The molecule has 2 amide bonds. The van der Waals surface area contributed by atoms with Crippen LogP contribution in [0.4, 0.5) is 10.1 Å². The molecule has 240 valence electrons. The van der Waals surface area contributed by atoms with Gasteiger partial charge in [-0.15, -0.1) is 5.10 Å². The number of fused-ring (bicyclic) bond motifs is 2. The molecule has 6 rings (SSSR count). The van der Waals surface area contributed by atoms with Crippen LogP contribution in [0.25, 0.3) is 22.3 Å². The maximum Gasteiger partial charge on any atom is 0.247 e. The molecule has 3 atom stereocenters. The summed E-state index contributed by atoms with van der Waals surface area (Å²) in [5.74, 6) is -1.31. The van der Waals surface area contributed by atoms with Crippen LogP contribution in [-0.2, 0) is 14.0 Å². The molecule has 1 N–H and O–H groups in total. The Balaban J connectivity index is 1.18. The summed E-state index contributed by atoms with van der Waals surface area (Å²) in [7, 11) is -1.99. The lowest BCUT2D eigenvalue weighted by Gasteiger charge is -2.38. The summed E-state index contributed by atoms with van der Waals surface area (Å²) < 4.78 is 23.2. The van der Waals surface area contributed by atoms with E-state index >= 15 is 4.39 Å². The van der Waals surface area contributed by atoms with Gasteiger partial charge in [-0.05, 0) is 90.7 Å². The predicted octanol–water partition coefficient (Wildman–Crippen LogP) is 6.27. The first-order chi connectivity index (χ1) is 21.7. The van der Waals surface area contributed by atoms with Crippen LogP contribution in [0.3, 0.4) is 0 Å². The second-order valence-corrected chi connectivity index (χ2v) is 18.5. The number of nitrogens with one attached hydrogen (secondary N) is 1. The fourth-order valence-electron chi connectivity index (χ4n) is 5.90. The molecule has 4 heterocycles. The highest BCUT2D eigenvalue weighted by Gasteiger charge is 2.43. The van der Waals surface area contributed by atoms with Crippen LogP contribution < -0.4 is 5.32 Å². The summed E-state index contributed by atoms with van der Waals surface area (Å²) in [6.45, 7) is 13.0. The molecule has 46 heavy (non-hydrogen) atoms. The van der Waals surface area contributed by atoms with E-state index in [2.05, 4.69) is 59.7 Å². The molecule has 2 aromatic heterocycles. The van der Waals surface area contributed by atoms with Crippen LogP contribution in [0.5, 0.6) is 0 Å². The lowest BCUT2D eigenvalue weighted by molar-refractivity contribution is -0.135. The lowest BCUT2D eigenvalue weighted by Crippen LogP contribution is -2.48. The van der Waals surface area contributed by atoms with Crippen molar-refractivity contribution in [1.82, 2.24) is 35.1 Å². The highest BCUT2D eigenvalue weighted by atomic mass is 35.5. The lowest BCUT2D eigenvalue weighted by atomic mass is 9.92. The fourth-order valence-corrected chi connectivity index (χ4v) is 7.41. The third kappa shape index (κ3) is 5.94. The Morgan fingerprint density at radius 3 is 2.67 bits per heavy atom. The number of carbonyl (C=O) groups excluding carboxylic acids is 2. The molecule has 0 aliphatic carbocycles. The van der Waals surface area contributed by atoms with Crippen molar-refractivity contribution in [1.29, 1.82) is 0 Å². The number of rotatable bonds is 7. The van der Waals surface area contributed by atoms with Crippen molar-refractivity contribution in [2.45, 2.75) is 83.3 Å². The van der Waals surface area contributed by atoms with Crippen LogP contribution in [0, 0.1) is 5.82 Å². The molecule has 0 spiro atoms. The molecule has 2 aliphatic heterocycles. The van der Waals surface area contributed by atoms with Gasteiger partial charge in [0.1, 0.15) is 12.4 Å². The van der Waals surface area contributed by atoms with E-state index in [0.29, 0.717) is 47.2 Å². The molecule has 0 saturated carbocycles. The summed E-state index contributed by atoms with van der Waals surface area (Å²) >= 11 is 6.13. The number of hydrogen-bond acceptors (Lipinski definition) is 8. The first kappa shape index (κ1) is 31.9. The topological polar surface area (TPSA) is 128 Å². The monoisotopic (exact) mass is 662 g/mol. The molecular formula is C32H36ClFN8O3Si. The minimum absolute atomic E-state index is 0.0726. The maximum atomic E-state index is 15.4. The molecule has 1 saturated heterocycles. The third-order valence-corrected chi connectivity index (χ3v) is 14.2. The van der Waals surface area contributed by atoms with E-state index in [0.717, 1.165) is 5.69 Å². The van der Waals surface area contributed by atoms with Gasteiger partial charge in [-0.1, -0.05) is 32.4 Å². The molecular weight excluding hydrogens is 627 g/mol. The van der Waals surface area contributed by atoms with Crippen LogP contribution in [0.1, 0.15) is 64.3 Å². The molecule has 0 bridgehead atoms. The molecule has 2 aromatic carbocycles. The van der Waals surface area contributed by atoms with Gasteiger partial charge < -0.3 is 14.6 Å². The quantitative estimate of drug-likeness (QED) is 0.230. The highest BCUT2D eigenvalue weighted by Crippen LogP contribution is 2.41. The SMILES string of the molecule is CC(O[Si](C)(C)C(C)(C)C)c1cnc2cc(NC(=O)C3CCC4CC(c5c(-n6cnnn6)ccc(Cl)c5F)=CC(=O)N43)ccc2n1. The van der Waals surface area contributed by atoms with E-state index in [1.807, 2.05) is 13.0 Å². The van der Waals surface area contributed by atoms with Crippen LogP contribution in [-0.4, -0.2) is 67.3 Å². The predicted molar refractivity (Wildman–Crippen MR) is 175 cm³/mol. The largest absolute Gasteiger partial charge is 0.409 e. The van der Waals surface area contributed by atoms with Gasteiger partial charge in [0.15, 0.2) is 14.1 Å². The summed E-state index contributed by atoms with van der Waals surface area (Å²) in [5, 5.41) is 14.1. The number of carbonyl (C=O) groups is 2. The van der Waals surface area contributed by atoms with Gasteiger partial charge in [0.05, 0.1) is 39.7 Å². The Hall–Kier alpha value is -4.07. The van der Waals surface area contributed by atoms with E-state index in [1.54, 1.807) is 29.3 Å². The van der Waals surface area contributed by atoms with Crippen molar-refractivity contribution in [3.8, 4) is 5.69 Å². The Morgan fingerprint density at radius 1 is 1.17 bits per heavy atom. The molecule has 4 aromatic rings. The number of aromatic nitrogens is 6. The van der Waals surface area contributed by atoms with Gasteiger partial charge in [0, 0.05) is 23.4 Å². The highest BCUT2D eigenvalue weighted by molar-refractivity contribution is 6.74. The molecule has 0 radical (unpaired) electrons. The van der Waals surface area contributed by atoms with Gasteiger partial charge in [0.2, 0.25) is 11.8 Å². The molecule has 3 unspecified atom stereocenters. The van der Waals surface area contributed by atoms with Crippen LogP contribution in [0.15, 0.2) is 48.9 Å². The second-order valence-electron chi connectivity index (χ2n) is 13.4. The Kier molecular flexibility index (Phi) is 8.28. The van der Waals surface area contributed by atoms with Gasteiger partial charge in [0.25, 0.3) is 0 Å². The smallest absolute Gasteiger partial charge is 0.247 e. The molecule has 11 nitrogen and oxygen atoms in total. The van der Waals surface area contributed by atoms with E-state index in [1.165, 1.54) is 23.2 Å². The maximum absolute atomic E-state index is 15.4. The van der Waals surface area contributed by atoms with Crippen molar-refractivity contribution in [3.05, 3.63) is 71.0 Å². The van der Waals surface area contributed by atoms with Crippen molar-refractivity contribution in [2.24, 2.45) is 0 Å². The van der Waals surface area contributed by atoms with Gasteiger partial charge in [-0.2, -0.15) is 4.68 Å². The second kappa shape index (κ2) is 11.9. The number of benzene rings is 2. The zero-order valence-electron chi connectivity index (χ0n) is 26.6. The average molecular weight is 663 g/mol. The van der Waals surface area contributed by atoms with Gasteiger partial charge in [-0.25, -0.2) is 9.37 Å². The van der Waals surface area contributed by atoms with Crippen LogP contribution >= 0.6 is 11.6 Å². The van der Waals surface area contributed by atoms with E-state index < -0.39 is 20.2 Å². The first-order valence-corrected chi connectivity index (χ1v) is 18.5. The van der Waals surface area contributed by atoms with Gasteiger partial charge in [-0.3, -0.25) is 14.6 Å². The van der Waals surface area contributed by atoms with Crippen molar-refractivity contribution < 1.29 is 18.4 Å². The summed E-state index contributed by atoms with van der Waals surface area (Å²) in [6, 6.07) is 7.46. The summed E-state index contributed by atoms with van der Waals surface area (Å²) in [5.41, 5.74) is 3.66. The van der Waals surface area contributed by atoms with E-state index in [4.69, 9.17) is 21.0 Å². The minimum Gasteiger partial charge on any atom is -0.409 e. The first-order valence-electron chi connectivity index (χ1n) is 15.2. The van der Waals surface area contributed by atoms with Crippen molar-refractivity contribution in [2.75, 3.05) is 5.32 Å². The third-order valence-electron chi connectivity index (χ3n) is 9.33. The number of halogens is 2. The van der Waals surface area contributed by atoms with Crippen LogP contribution in [0.2, 0.25) is 23.2 Å². The number of nitrogens with zero attached hydrogens (tertiary/aromatic N) is 7. The van der Waals surface area contributed by atoms with Crippen molar-refractivity contribution >= 4 is 54.0 Å². The molecule has 2 aliphatic rings. The Bertz CT molecular complexity index is 1860. The zero-order chi connectivity index (χ0) is 33.0. The standard InChI is InChI=1S/C32H36ClFN8O3Si/c1-18(45-46(5,6)32(2,3)4)25-16-35-24-15-20(7-10-23(24)38-25)37-31(44)27-11-8-21-13-19(14-28(43)42(21)27)29-26(41-17-36-39-40-41)12-9-22(33)30(29)34/h7,9-10,12,14-18,21,27H,8,11,13H2,1-6H3,(H,37,44). The number of amides is 2. The molecule has 14 heteroatoms. The van der Waals surface area contributed by atoms with E-state index in [-0.39, 0.29) is 39.6 Å². The van der Waals surface area contributed by atoms with E-state index in [9.17, 15) is 9.59 Å². The number of anilines is 1. The Morgan fingerprint density at radius 2 is 1.96 bits per heavy atom. The summed E-state index contributed by atoms with van der Waals surface area (Å²) in [6.07, 6.45) is 5.66. The average Bonchev–Trinajstić information content (AvgIpc) is 3.68. The zero-order valence-corrected chi connectivity index (χ0v) is 28.3. The minimum atomic E-state index is -1.99. The van der Waals surface area contributed by atoms with Gasteiger partial charge >= 0.3 is 0 Å². The number of hydrogen-bond donors (Lipinski definition) is 1.